The smallest absolute Gasteiger partial charge is 0.216 e. The lowest BCUT2D eigenvalue weighted by Gasteiger charge is -2.23. The number of hydrogen-bond acceptors (Lipinski definition) is 4. The van der Waals surface area contributed by atoms with Gasteiger partial charge in [-0.1, -0.05) is 39.0 Å². The molecule has 3 aromatic rings. The molecule has 6 nitrogen and oxygen atoms in total. The number of aromatic hydroxyl groups is 1. The monoisotopic (exact) mass is 352 g/mol. The summed E-state index contributed by atoms with van der Waals surface area (Å²) in [5.41, 5.74) is 3.69. The lowest BCUT2D eigenvalue weighted by molar-refractivity contribution is -0.118. The molecule has 0 unspecified atom stereocenters. The number of rotatable bonds is 4. The maximum atomic E-state index is 11.1. The van der Waals surface area contributed by atoms with Gasteiger partial charge in [0.25, 0.3) is 0 Å². The first-order chi connectivity index (χ1) is 12.3. The van der Waals surface area contributed by atoms with Crippen molar-refractivity contribution in [1.29, 1.82) is 0 Å². The summed E-state index contributed by atoms with van der Waals surface area (Å²) >= 11 is 0. The minimum absolute atomic E-state index is 0.0555. The van der Waals surface area contributed by atoms with Crippen molar-refractivity contribution in [2.75, 3.05) is 6.54 Å². The Bertz CT molecular complexity index is 921. The first-order valence-electron chi connectivity index (χ1n) is 8.69. The lowest BCUT2D eigenvalue weighted by atomic mass is 9.84. The number of carbonyl (C=O) groups is 1. The summed E-state index contributed by atoms with van der Waals surface area (Å²) < 4.78 is 0. The predicted octanol–water partition coefficient (Wildman–Crippen LogP) is 3.10. The standard InChI is InChI=1S/C20H24N4O2/c1-13(25)21-10-9-14-11-15(20(2,3)4)19(26)18(12-14)24-22-16-7-5-6-8-17(16)23-24/h5-8,11-12,26H,9-10H2,1-4H3,(H,21,25). The molecule has 2 aromatic carbocycles. The molecule has 0 aliphatic heterocycles. The zero-order valence-corrected chi connectivity index (χ0v) is 15.6. The van der Waals surface area contributed by atoms with Crippen molar-refractivity contribution in [2.45, 2.75) is 39.5 Å². The van der Waals surface area contributed by atoms with Crippen LogP contribution in [0.2, 0.25) is 0 Å². The molecule has 0 radical (unpaired) electrons. The summed E-state index contributed by atoms with van der Waals surface area (Å²) in [6, 6.07) is 11.5. The van der Waals surface area contributed by atoms with Crippen LogP contribution in [-0.4, -0.2) is 32.6 Å². The molecular weight excluding hydrogens is 328 g/mol. The van der Waals surface area contributed by atoms with E-state index in [0.29, 0.717) is 18.7 Å². The van der Waals surface area contributed by atoms with E-state index >= 15 is 0 Å². The van der Waals surface area contributed by atoms with Gasteiger partial charge in [-0.15, -0.1) is 15.0 Å². The maximum Gasteiger partial charge on any atom is 0.216 e. The van der Waals surface area contributed by atoms with Crippen LogP contribution >= 0.6 is 0 Å². The van der Waals surface area contributed by atoms with Gasteiger partial charge in [0.2, 0.25) is 5.91 Å². The molecule has 1 aromatic heterocycles. The van der Waals surface area contributed by atoms with Crippen LogP contribution in [-0.2, 0) is 16.6 Å². The molecule has 0 saturated heterocycles. The molecule has 0 atom stereocenters. The fourth-order valence-corrected chi connectivity index (χ4v) is 2.90. The van der Waals surface area contributed by atoms with Gasteiger partial charge in [-0.25, -0.2) is 0 Å². The van der Waals surface area contributed by atoms with Crippen molar-refractivity contribution in [3.8, 4) is 11.4 Å². The zero-order chi connectivity index (χ0) is 18.9. The molecule has 0 saturated carbocycles. The fourth-order valence-electron chi connectivity index (χ4n) is 2.90. The van der Waals surface area contributed by atoms with Crippen LogP contribution < -0.4 is 5.32 Å². The average Bonchev–Trinajstić information content (AvgIpc) is 2.98. The van der Waals surface area contributed by atoms with Gasteiger partial charge in [0, 0.05) is 19.0 Å². The van der Waals surface area contributed by atoms with Crippen LogP contribution in [0.25, 0.3) is 16.7 Å². The molecule has 0 aliphatic rings. The van der Waals surface area contributed by atoms with E-state index in [-0.39, 0.29) is 17.1 Å². The average molecular weight is 352 g/mol. The van der Waals surface area contributed by atoms with Crippen molar-refractivity contribution in [3.05, 3.63) is 47.5 Å². The van der Waals surface area contributed by atoms with E-state index in [9.17, 15) is 9.90 Å². The van der Waals surface area contributed by atoms with Crippen LogP contribution in [0.5, 0.6) is 5.75 Å². The maximum absolute atomic E-state index is 11.1. The number of carbonyl (C=O) groups excluding carboxylic acids is 1. The molecule has 1 heterocycles. The number of hydrogen-bond donors (Lipinski definition) is 2. The molecule has 0 bridgehead atoms. The number of fused-ring (bicyclic) bond motifs is 1. The van der Waals surface area contributed by atoms with Crippen molar-refractivity contribution in [1.82, 2.24) is 20.3 Å². The van der Waals surface area contributed by atoms with E-state index in [0.717, 1.165) is 22.2 Å². The number of amides is 1. The van der Waals surface area contributed by atoms with E-state index < -0.39 is 0 Å². The number of nitrogens with zero attached hydrogens (tertiary/aromatic N) is 3. The number of phenols is 1. The van der Waals surface area contributed by atoms with E-state index in [1.807, 2.05) is 36.4 Å². The normalized spacial score (nSPS) is 11.7. The second kappa shape index (κ2) is 6.78. The Hall–Kier alpha value is -2.89. The van der Waals surface area contributed by atoms with Crippen LogP contribution in [0.15, 0.2) is 36.4 Å². The highest BCUT2D eigenvalue weighted by Crippen LogP contribution is 2.36. The number of nitrogens with one attached hydrogen (secondary N) is 1. The third-order valence-electron chi connectivity index (χ3n) is 4.25. The Labute approximate surface area is 152 Å². The minimum atomic E-state index is -0.241. The minimum Gasteiger partial charge on any atom is -0.505 e. The van der Waals surface area contributed by atoms with Crippen molar-refractivity contribution < 1.29 is 9.90 Å². The molecule has 0 fully saturated rings. The molecule has 0 aliphatic carbocycles. The quantitative estimate of drug-likeness (QED) is 0.756. The van der Waals surface area contributed by atoms with Crippen LogP contribution in [0, 0.1) is 0 Å². The highest BCUT2D eigenvalue weighted by atomic mass is 16.3. The fraction of sp³-hybridized carbons (Fsp3) is 0.350. The third-order valence-corrected chi connectivity index (χ3v) is 4.25. The Balaban J connectivity index is 2.08. The predicted molar refractivity (Wildman–Crippen MR) is 102 cm³/mol. The summed E-state index contributed by atoms with van der Waals surface area (Å²) in [5, 5.41) is 22.7. The van der Waals surface area contributed by atoms with Gasteiger partial charge in [-0.3, -0.25) is 4.79 Å². The third kappa shape index (κ3) is 3.69. The van der Waals surface area contributed by atoms with Gasteiger partial charge in [-0.05, 0) is 35.6 Å². The molecule has 0 spiro atoms. The summed E-state index contributed by atoms with van der Waals surface area (Å²) in [6.45, 7) is 8.20. The lowest BCUT2D eigenvalue weighted by Crippen LogP contribution is -2.22. The number of benzene rings is 2. The second-order valence-electron chi connectivity index (χ2n) is 7.47. The summed E-state index contributed by atoms with van der Waals surface area (Å²) in [5.74, 6) is 0.126. The van der Waals surface area contributed by atoms with E-state index in [4.69, 9.17) is 0 Å². The van der Waals surface area contributed by atoms with Crippen molar-refractivity contribution in [2.24, 2.45) is 0 Å². The molecule has 136 valence electrons. The van der Waals surface area contributed by atoms with E-state index in [2.05, 4.69) is 36.3 Å². The molecule has 26 heavy (non-hydrogen) atoms. The number of phenolic OH excluding ortho intramolecular Hbond substituents is 1. The van der Waals surface area contributed by atoms with Crippen LogP contribution in [0.1, 0.15) is 38.8 Å². The summed E-state index contributed by atoms with van der Waals surface area (Å²) in [7, 11) is 0. The Kier molecular flexibility index (Phi) is 4.68. The van der Waals surface area contributed by atoms with E-state index in [1.54, 1.807) is 0 Å². The molecule has 3 rings (SSSR count). The number of aromatic nitrogens is 3. The zero-order valence-electron chi connectivity index (χ0n) is 15.6. The largest absolute Gasteiger partial charge is 0.505 e. The molecule has 2 N–H and O–H groups in total. The Morgan fingerprint density at radius 3 is 2.31 bits per heavy atom. The topological polar surface area (TPSA) is 80.0 Å². The summed E-state index contributed by atoms with van der Waals surface area (Å²) in [4.78, 5) is 12.6. The van der Waals surface area contributed by atoms with E-state index in [1.165, 1.54) is 11.7 Å². The SMILES string of the molecule is CC(=O)NCCc1cc(-n2nc3ccccc3n2)c(O)c(C(C)(C)C)c1. The molecule has 6 heteroatoms. The van der Waals surface area contributed by atoms with Crippen molar-refractivity contribution in [3.63, 3.8) is 0 Å². The molecule has 1 amide bonds. The van der Waals surface area contributed by atoms with Gasteiger partial charge in [0.05, 0.1) is 0 Å². The van der Waals surface area contributed by atoms with Crippen LogP contribution in [0.4, 0.5) is 0 Å². The summed E-state index contributed by atoms with van der Waals surface area (Å²) in [6.07, 6.45) is 0.663. The van der Waals surface area contributed by atoms with Gasteiger partial charge in [-0.2, -0.15) is 0 Å². The highest BCUT2D eigenvalue weighted by molar-refractivity contribution is 5.74. The first kappa shape index (κ1) is 17.9. The van der Waals surface area contributed by atoms with Crippen molar-refractivity contribution >= 4 is 16.9 Å². The second-order valence-corrected chi connectivity index (χ2v) is 7.47. The molecular formula is C20H24N4O2. The van der Waals surface area contributed by atoms with Crippen LogP contribution in [0.3, 0.4) is 0 Å². The van der Waals surface area contributed by atoms with Gasteiger partial charge >= 0.3 is 0 Å². The van der Waals surface area contributed by atoms with Gasteiger partial charge in [0.15, 0.2) is 0 Å². The van der Waals surface area contributed by atoms with Gasteiger partial charge in [0.1, 0.15) is 22.5 Å². The Morgan fingerprint density at radius 2 is 1.77 bits per heavy atom. The first-order valence-corrected chi connectivity index (χ1v) is 8.69. The Morgan fingerprint density at radius 1 is 1.15 bits per heavy atom. The highest BCUT2D eigenvalue weighted by Gasteiger charge is 2.23. The van der Waals surface area contributed by atoms with Gasteiger partial charge < -0.3 is 10.4 Å².